The van der Waals surface area contributed by atoms with Crippen LogP contribution >= 0.6 is 0 Å². The van der Waals surface area contributed by atoms with Gasteiger partial charge in [-0.3, -0.25) is 4.79 Å². The van der Waals surface area contributed by atoms with Crippen molar-refractivity contribution in [1.82, 2.24) is 9.88 Å². The summed E-state index contributed by atoms with van der Waals surface area (Å²) >= 11 is 0. The number of piperidine rings is 1. The highest BCUT2D eigenvalue weighted by molar-refractivity contribution is 5.88. The van der Waals surface area contributed by atoms with E-state index in [0.29, 0.717) is 13.0 Å². The van der Waals surface area contributed by atoms with Crippen molar-refractivity contribution in [2.24, 2.45) is 0 Å². The third-order valence-electron chi connectivity index (χ3n) is 5.01. The monoisotopic (exact) mass is 386 g/mol. The summed E-state index contributed by atoms with van der Waals surface area (Å²) in [6.45, 7) is 0.518. The van der Waals surface area contributed by atoms with Gasteiger partial charge in [-0.2, -0.15) is 0 Å². The molecule has 1 fully saturated rings. The molecule has 2 N–H and O–H groups in total. The summed E-state index contributed by atoms with van der Waals surface area (Å²) < 4.78 is 32.1. The number of nitrogens with zero attached hydrogens (tertiary/aromatic N) is 1. The van der Waals surface area contributed by atoms with Crippen LogP contribution in [0, 0.1) is 11.6 Å². The summed E-state index contributed by atoms with van der Waals surface area (Å²) in [5.74, 6) is -1.54. The zero-order chi connectivity index (χ0) is 19.7. The Morgan fingerprint density at radius 1 is 1.21 bits per heavy atom. The summed E-state index contributed by atoms with van der Waals surface area (Å²) in [6.07, 6.45) is 0.870. The molecule has 4 rings (SSSR count). The molecule has 2 aromatic carbocycles. The molecule has 2 atom stereocenters. The molecule has 1 saturated heterocycles. The number of rotatable bonds is 4. The highest BCUT2D eigenvalue weighted by Crippen LogP contribution is 2.23. The van der Waals surface area contributed by atoms with Crippen LogP contribution < -0.4 is 4.74 Å². The van der Waals surface area contributed by atoms with Crippen molar-refractivity contribution in [2.75, 3.05) is 13.1 Å². The lowest BCUT2D eigenvalue weighted by Gasteiger charge is -2.36. The van der Waals surface area contributed by atoms with Gasteiger partial charge >= 0.3 is 0 Å². The fourth-order valence-corrected chi connectivity index (χ4v) is 3.60. The molecule has 0 unspecified atom stereocenters. The lowest BCUT2D eigenvalue weighted by atomic mass is 10.0. The zero-order valence-corrected chi connectivity index (χ0v) is 15.1. The number of carbonyl (C=O) groups is 1. The van der Waals surface area contributed by atoms with E-state index in [9.17, 15) is 18.7 Å². The number of β-amino-alcohol motifs (C(OH)–C–C–N with tert-alkyl or cyclic N) is 1. The third-order valence-corrected chi connectivity index (χ3v) is 5.01. The van der Waals surface area contributed by atoms with Crippen molar-refractivity contribution in [2.45, 2.75) is 25.0 Å². The molecule has 1 aromatic heterocycles. The average Bonchev–Trinajstić information content (AvgIpc) is 3.05. The number of fused-ring (bicyclic) bond motifs is 1. The highest BCUT2D eigenvalue weighted by atomic mass is 19.1. The van der Waals surface area contributed by atoms with Gasteiger partial charge in [0.15, 0.2) is 0 Å². The van der Waals surface area contributed by atoms with Crippen molar-refractivity contribution < 1.29 is 23.4 Å². The number of aromatic amines is 1. The lowest BCUT2D eigenvalue weighted by Crippen LogP contribution is -2.51. The molecule has 0 spiro atoms. The van der Waals surface area contributed by atoms with E-state index in [4.69, 9.17) is 4.74 Å². The van der Waals surface area contributed by atoms with Crippen LogP contribution in [-0.4, -0.2) is 46.2 Å². The quantitative estimate of drug-likeness (QED) is 0.724. The second kappa shape index (κ2) is 7.59. The number of aromatic nitrogens is 1. The molecule has 0 radical (unpaired) electrons. The van der Waals surface area contributed by atoms with Gasteiger partial charge in [-0.1, -0.05) is 18.2 Å². The van der Waals surface area contributed by atoms with Gasteiger partial charge in [-0.05, 0) is 11.6 Å². The van der Waals surface area contributed by atoms with Gasteiger partial charge in [-0.15, -0.1) is 0 Å². The molecule has 0 bridgehead atoms. The Morgan fingerprint density at radius 3 is 2.71 bits per heavy atom. The fourth-order valence-electron chi connectivity index (χ4n) is 3.60. The first-order chi connectivity index (χ1) is 13.5. The Balaban J connectivity index is 1.38. The van der Waals surface area contributed by atoms with Gasteiger partial charge < -0.3 is 19.7 Å². The number of carbonyl (C=O) groups excluding carboxylic acids is 1. The van der Waals surface area contributed by atoms with E-state index in [1.165, 1.54) is 0 Å². The van der Waals surface area contributed by atoms with Crippen molar-refractivity contribution >= 4 is 16.8 Å². The van der Waals surface area contributed by atoms with Crippen LogP contribution in [0.15, 0.2) is 48.7 Å². The first-order valence-corrected chi connectivity index (χ1v) is 9.13. The predicted octanol–water partition coefficient (Wildman–Crippen LogP) is 3.03. The van der Waals surface area contributed by atoms with E-state index in [-0.39, 0.29) is 24.6 Å². The Labute approximate surface area is 160 Å². The van der Waals surface area contributed by atoms with E-state index in [1.807, 2.05) is 30.5 Å². The topological polar surface area (TPSA) is 65.6 Å². The van der Waals surface area contributed by atoms with E-state index in [1.54, 1.807) is 4.90 Å². The summed E-state index contributed by atoms with van der Waals surface area (Å²) in [5.41, 5.74) is 1.88. The Bertz CT molecular complexity index is 984. The molecule has 0 saturated carbocycles. The number of H-pyrrole nitrogens is 1. The predicted molar refractivity (Wildman–Crippen MR) is 100.0 cm³/mol. The third kappa shape index (κ3) is 3.84. The minimum atomic E-state index is -0.938. The first-order valence-electron chi connectivity index (χ1n) is 9.13. The molecule has 0 aliphatic carbocycles. The number of ether oxygens (including phenoxy) is 1. The van der Waals surface area contributed by atoms with Gasteiger partial charge in [0, 0.05) is 48.3 Å². The number of likely N-dealkylation sites (tertiary alicyclic amines) is 1. The van der Waals surface area contributed by atoms with Crippen LogP contribution in [0.25, 0.3) is 10.9 Å². The second-order valence-corrected chi connectivity index (χ2v) is 6.99. The number of hydrogen-bond acceptors (Lipinski definition) is 3. The number of aliphatic hydroxyl groups is 1. The van der Waals surface area contributed by atoms with Crippen LogP contribution in [-0.2, 0) is 11.2 Å². The van der Waals surface area contributed by atoms with E-state index < -0.39 is 23.8 Å². The summed E-state index contributed by atoms with van der Waals surface area (Å²) in [7, 11) is 0. The number of para-hydroxylation sites is 1. The average molecular weight is 386 g/mol. The molecular formula is C21H20F2N2O3. The van der Waals surface area contributed by atoms with Crippen LogP contribution in [0.4, 0.5) is 8.78 Å². The minimum absolute atomic E-state index is 0.0279. The molecule has 3 aromatic rings. The Morgan fingerprint density at radius 2 is 1.96 bits per heavy atom. The van der Waals surface area contributed by atoms with Gasteiger partial charge in [0.1, 0.15) is 29.6 Å². The van der Waals surface area contributed by atoms with Crippen molar-refractivity contribution in [1.29, 1.82) is 0 Å². The standard InChI is InChI=1S/C21H20F2N2O3/c22-14-8-15(23)10-16(9-14)28-20-5-6-25(12-19(20)26)21(27)7-13-11-24-18-4-2-1-3-17(13)18/h1-4,8-11,19-20,24,26H,5-7,12H2/t19-,20-/m1/s1. The number of aliphatic hydroxyl groups excluding tert-OH is 1. The fraction of sp³-hybridized carbons (Fsp3) is 0.286. The van der Waals surface area contributed by atoms with Crippen LogP contribution in [0.5, 0.6) is 5.75 Å². The Hall–Kier alpha value is -2.93. The SMILES string of the molecule is O=C(Cc1c[nH]c2ccccc12)N1CC[C@@H](Oc2cc(F)cc(F)c2)[C@H](O)C1. The van der Waals surface area contributed by atoms with Gasteiger partial charge in [0.25, 0.3) is 0 Å². The number of nitrogens with one attached hydrogen (secondary N) is 1. The van der Waals surface area contributed by atoms with Crippen LogP contribution in [0.3, 0.4) is 0 Å². The maximum Gasteiger partial charge on any atom is 0.227 e. The molecule has 5 nitrogen and oxygen atoms in total. The minimum Gasteiger partial charge on any atom is -0.487 e. The van der Waals surface area contributed by atoms with E-state index >= 15 is 0 Å². The number of benzene rings is 2. The molecule has 146 valence electrons. The number of hydrogen-bond donors (Lipinski definition) is 2. The van der Waals surface area contributed by atoms with Gasteiger partial charge in [0.05, 0.1) is 13.0 Å². The van der Waals surface area contributed by atoms with Crippen molar-refractivity contribution in [3.05, 3.63) is 65.9 Å². The van der Waals surface area contributed by atoms with Gasteiger partial charge in [-0.25, -0.2) is 8.78 Å². The molecule has 1 aliphatic rings. The maximum absolute atomic E-state index is 13.3. The molecule has 28 heavy (non-hydrogen) atoms. The molecular weight excluding hydrogens is 366 g/mol. The van der Waals surface area contributed by atoms with Crippen LogP contribution in [0.2, 0.25) is 0 Å². The summed E-state index contributed by atoms with van der Waals surface area (Å²) in [5, 5.41) is 11.4. The largest absolute Gasteiger partial charge is 0.487 e. The molecule has 2 heterocycles. The number of amides is 1. The van der Waals surface area contributed by atoms with Crippen molar-refractivity contribution in [3.8, 4) is 5.75 Å². The molecule has 1 aliphatic heterocycles. The summed E-state index contributed by atoms with van der Waals surface area (Å²) in [4.78, 5) is 17.4. The smallest absolute Gasteiger partial charge is 0.227 e. The van der Waals surface area contributed by atoms with Crippen molar-refractivity contribution in [3.63, 3.8) is 0 Å². The Kier molecular flexibility index (Phi) is 5.00. The summed E-state index contributed by atoms with van der Waals surface area (Å²) in [6, 6.07) is 10.7. The molecule has 7 heteroatoms. The van der Waals surface area contributed by atoms with E-state index in [0.717, 1.165) is 34.7 Å². The van der Waals surface area contributed by atoms with E-state index in [2.05, 4.69) is 4.98 Å². The second-order valence-electron chi connectivity index (χ2n) is 6.99. The lowest BCUT2D eigenvalue weighted by molar-refractivity contribution is -0.136. The maximum atomic E-state index is 13.3. The molecule has 1 amide bonds. The first kappa shape index (κ1) is 18.4. The normalized spacial score (nSPS) is 19.8. The van der Waals surface area contributed by atoms with Crippen LogP contribution in [0.1, 0.15) is 12.0 Å². The highest BCUT2D eigenvalue weighted by Gasteiger charge is 2.32. The zero-order valence-electron chi connectivity index (χ0n) is 15.1. The number of halogens is 2. The van der Waals surface area contributed by atoms with Gasteiger partial charge in [0.2, 0.25) is 5.91 Å².